The molecule has 0 aromatic heterocycles. The van der Waals surface area contributed by atoms with E-state index in [9.17, 15) is 19.8 Å². The van der Waals surface area contributed by atoms with Gasteiger partial charge in [0.1, 0.15) is 0 Å². The lowest BCUT2D eigenvalue weighted by Crippen LogP contribution is -2.43. The van der Waals surface area contributed by atoms with Gasteiger partial charge in [0.25, 0.3) is 0 Å². The smallest absolute Gasteiger partial charge is 0.243 e. The minimum Gasteiger partial charge on any atom is -0.392 e. The third-order valence-corrected chi connectivity index (χ3v) is 9.99. The molecule has 1 aliphatic heterocycles. The highest BCUT2D eigenvalue weighted by Crippen LogP contribution is 2.39. The summed E-state index contributed by atoms with van der Waals surface area (Å²) < 4.78 is 13.3. The van der Waals surface area contributed by atoms with Crippen LogP contribution in [0.5, 0.6) is 0 Å². The second-order valence-corrected chi connectivity index (χ2v) is 13.9. The number of aliphatic hydroxyl groups is 2. The van der Waals surface area contributed by atoms with E-state index < -0.39 is 12.4 Å². The van der Waals surface area contributed by atoms with Gasteiger partial charge in [-0.25, -0.2) is 5.48 Å². The molecule has 53 heavy (non-hydrogen) atoms. The molecule has 5 unspecified atom stereocenters. The van der Waals surface area contributed by atoms with Gasteiger partial charge in [-0.2, -0.15) is 0 Å². The topological polar surface area (TPSA) is 141 Å². The van der Waals surface area contributed by atoms with E-state index >= 15 is 0 Å². The molecule has 10 nitrogen and oxygen atoms in total. The molecule has 5 N–H and O–H groups in total. The molecule has 0 spiro atoms. The second kappa shape index (κ2) is 20.1. The summed E-state index contributed by atoms with van der Waals surface area (Å²) in [6.07, 6.45) is 2.72. The third-order valence-electron chi connectivity index (χ3n) is 9.99. The van der Waals surface area contributed by atoms with Crippen LogP contribution in [-0.4, -0.2) is 57.9 Å². The van der Waals surface area contributed by atoms with Crippen molar-refractivity contribution in [3.63, 3.8) is 0 Å². The highest BCUT2D eigenvalue weighted by molar-refractivity contribution is 5.76. The van der Waals surface area contributed by atoms with E-state index in [4.69, 9.17) is 14.7 Å². The standard InChI is InChI=1S/C43H53N3O7/c1-30(42(50)34-13-6-5-7-14-34)46(2)28-38-26-39(33-22-20-31(29-47)21-23-33)53-43(52-38)37-17-11-16-36(25-37)35-15-10-12-32(24-35)27-44-40(48)18-8-3-4-9-19-41(49)45-51/h5-7,10-17,20-25,30,38-39,42-43,47,50-51H,3-4,8-9,18-19,26-29H2,1-2H3,(H,44,48)(H,45,49). The third kappa shape index (κ3) is 11.8. The van der Waals surface area contributed by atoms with Crippen molar-refractivity contribution in [2.24, 2.45) is 0 Å². The minimum atomic E-state index is -0.648. The van der Waals surface area contributed by atoms with Gasteiger partial charge in [0, 0.05) is 44.0 Å². The van der Waals surface area contributed by atoms with Gasteiger partial charge >= 0.3 is 0 Å². The molecule has 1 aliphatic rings. The number of hydrogen-bond donors (Lipinski definition) is 5. The maximum Gasteiger partial charge on any atom is 0.243 e. The van der Waals surface area contributed by atoms with Crippen LogP contribution in [0, 0.1) is 0 Å². The molecule has 1 saturated heterocycles. The molecular weight excluding hydrogens is 670 g/mol. The number of aliphatic hydroxyl groups excluding tert-OH is 2. The van der Waals surface area contributed by atoms with E-state index in [1.807, 2.05) is 98.9 Å². The molecule has 282 valence electrons. The van der Waals surface area contributed by atoms with Gasteiger partial charge in [-0.15, -0.1) is 0 Å². The number of likely N-dealkylation sites (N-methyl/N-ethyl adjacent to an activating group) is 1. The highest BCUT2D eigenvalue weighted by atomic mass is 16.7. The number of carbonyl (C=O) groups excluding carboxylic acids is 2. The van der Waals surface area contributed by atoms with Crippen LogP contribution in [0.1, 0.15) is 98.2 Å². The molecule has 0 bridgehead atoms. The Morgan fingerprint density at radius 3 is 2.17 bits per heavy atom. The first-order chi connectivity index (χ1) is 25.7. The Morgan fingerprint density at radius 1 is 0.792 bits per heavy atom. The van der Waals surface area contributed by atoms with E-state index in [1.54, 1.807) is 5.48 Å². The summed E-state index contributed by atoms with van der Waals surface area (Å²) in [5.41, 5.74) is 8.25. The molecule has 0 radical (unpaired) electrons. The zero-order valence-electron chi connectivity index (χ0n) is 30.7. The molecule has 4 aromatic rings. The monoisotopic (exact) mass is 723 g/mol. The zero-order valence-corrected chi connectivity index (χ0v) is 30.7. The maximum atomic E-state index is 12.5. The van der Waals surface area contributed by atoms with Crippen LogP contribution in [-0.2, 0) is 32.2 Å². The Hall–Kier alpha value is -4.42. The molecular formula is C43H53N3O7. The highest BCUT2D eigenvalue weighted by Gasteiger charge is 2.34. The molecule has 5 atom stereocenters. The van der Waals surface area contributed by atoms with Crippen LogP contribution in [0.4, 0.5) is 0 Å². The summed E-state index contributed by atoms with van der Waals surface area (Å²) in [6, 6.07) is 33.7. The summed E-state index contributed by atoms with van der Waals surface area (Å²) in [7, 11) is 2.01. The van der Waals surface area contributed by atoms with Gasteiger partial charge in [0.15, 0.2) is 6.29 Å². The lowest BCUT2D eigenvalue weighted by Gasteiger charge is -2.39. The molecule has 10 heteroatoms. The fourth-order valence-corrected chi connectivity index (χ4v) is 6.69. The summed E-state index contributed by atoms with van der Waals surface area (Å²) >= 11 is 0. The van der Waals surface area contributed by atoms with E-state index in [2.05, 4.69) is 28.4 Å². The Balaban J connectivity index is 1.24. The first-order valence-corrected chi connectivity index (χ1v) is 18.6. The van der Waals surface area contributed by atoms with E-state index in [1.165, 1.54) is 0 Å². The first kappa shape index (κ1) is 39.8. The number of ether oxygens (including phenoxy) is 2. The van der Waals surface area contributed by atoms with E-state index in [-0.39, 0.29) is 43.1 Å². The lowest BCUT2D eigenvalue weighted by molar-refractivity contribution is -0.253. The minimum absolute atomic E-state index is 0.0122. The van der Waals surface area contributed by atoms with Crippen molar-refractivity contribution in [1.29, 1.82) is 0 Å². The van der Waals surface area contributed by atoms with Crippen molar-refractivity contribution in [2.75, 3.05) is 13.6 Å². The molecule has 1 fully saturated rings. The molecule has 2 amide bonds. The molecule has 4 aromatic carbocycles. The van der Waals surface area contributed by atoms with Crippen LogP contribution in [0.3, 0.4) is 0 Å². The Morgan fingerprint density at radius 2 is 1.47 bits per heavy atom. The zero-order chi connectivity index (χ0) is 37.6. The summed E-state index contributed by atoms with van der Waals surface area (Å²) in [5, 5.41) is 32.3. The van der Waals surface area contributed by atoms with Crippen LogP contribution < -0.4 is 10.8 Å². The van der Waals surface area contributed by atoms with Crippen LogP contribution >= 0.6 is 0 Å². The Labute approximate surface area is 312 Å². The second-order valence-electron chi connectivity index (χ2n) is 13.9. The summed E-state index contributed by atoms with van der Waals surface area (Å²) in [4.78, 5) is 25.8. The van der Waals surface area contributed by atoms with Crippen LogP contribution in [0.25, 0.3) is 11.1 Å². The van der Waals surface area contributed by atoms with E-state index in [0.717, 1.165) is 58.2 Å². The molecule has 0 saturated carbocycles. The first-order valence-electron chi connectivity index (χ1n) is 18.6. The number of unbranched alkanes of at least 4 members (excludes halogenated alkanes) is 3. The number of hydrogen-bond acceptors (Lipinski definition) is 8. The number of hydroxylamine groups is 1. The largest absolute Gasteiger partial charge is 0.392 e. The fourth-order valence-electron chi connectivity index (χ4n) is 6.69. The van der Waals surface area contributed by atoms with Gasteiger partial charge in [-0.1, -0.05) is 104 Å². The van der Waals surface area contributed by atoms with Gasteiger partial charge in [-0.05, 0) is 72.3 Å². The number of amides is 2. The van der Waals surface area contributed by atoms with Gasteiger partial charge in [-0.3, -0.25) is 19.7 Å². The number of nitrogens with one attached hydrogen (secondary N) is 2. The number of nitrogens with zero attached hydrogens (tertiary/aromatic N) is 1. The Bertz CT molecular complexity index is 1740. The normalized spacial score (nSPS) is 18.3. The number of benzene rings is 4. The molecule has 1 heterocycles. The number of carbonyl (C=O) groups is 2. The quantitative estimate of drug-likeness (QED) is 0.0424. The van der Waals surface area contributed by atoms with Gasteiger partial charge in [0.2, 0.25) is 11.8 Å². The molecule has 5 rings (SSSR count). The van der Waals surface area contributed by atoms with Gasteiger partial charge in [0.05, 0.1) is 24.9 Å². The van der Waals surface area contributed by atoms with Crippen molar-refractivity contribution < 1.29 is 34.5 Å². The predicted octanol–water partition coefficient (Wildman–Crippen LogP) is 6.91. The van der Waals surface area contributed by atoms with Crippen molar-refractivity contribution in [2.45, 2.75) is 95.7 Å². The molecule has 0 aliphatic carbocycles. The summed E-state index contributed by atoms with van der Waals surface area (Å²) in [6.45, 7) is 3.01. The van der Waals surface area contributed by atoms with Crippen LogP contribution in [0.15, 0.2) is 103 Å². The van der Waals surface area contributed by atoms with Crippen LogP contribution in [0.2, 0.25) is 0 Å². The van der Waals surface area contributed by atoms with Crippen molar-refractivity contribution >= 4 is 11.8 Å². The van der Waals surface area contributed by atoms with Crippen molar-refractivity contribution in [1.82, 2.24) is 15.7 Å². The van der Waals surface area contributed by atoms with Gasteiger partial charge < -0.3 is 25.0 Å². The number of rotatable bonds is 18. The predicted molar refractivity (Wildman–Crippen MR) is 203 cm³/mol. The van der Waals surface area contributed by atoms with Crippen molar-refractivity contribution in [3.05, 3.63) is 131 Å². The maximum absolute atomic E-state index is 12.5. The summed E-state index contributed by atoms with van der Waals surface area (Å²) in [5.74, 6) is -0.399. The SMILES string of the molecule is CC(C(O)c1ccccc1)N(C)CC1CC(c2ccc(CO)cc2)OC(c2cccc(-c3cccc(CNC(=O)CCCCCCC(=O)NO)c3)c2)O1. The van der Waals surface area contributed by atoms with Crippen molar-refractivity contribution in [3.8, 4) is 11.1 Å². The Kier molecular flexibility index (Phi) is 15.1. The average molecular weight is 724 g/mol. The lowest BCUT2D eigenvalue weighted by atomic mass is 9.97. The fraction of sp³-hybridized carbons (Fsp3) is 0.395. The average Bonchev–Trinajstić information content (AvgIpc) is 3.21. The van der Waals surface area contributed by atoms with E-state index in [0.29, 0.717) is 32.4 Å².